The van der Waals surface area contributed by atoms with Crippen LogP contribution in [0.3, 0.4) is 0 Å². The molecule has 0 radical (unpaired) electrons. The summed E-state index contributed by atoms with van der Waals surface area (Å²) in [6.07, 6.45) is -10.3. The van der Waals surface area contributed by atoms with Crippen LogP contribution < -0.4 is 51.4 Å². The van der Waals surface area contributed by atoms with Gasteiger partial charge in [-0.05, 0) is 0 Å². The molecule has 0 amide bonds. The number of esters is 1. The number of rotatable bonds is 5. The molecular weight excluding hydrogens is 307 g/mol. The molecule has 4 atom stereocenters. The quantitative estimate of drug-likeness (QED) is 0.164. The van der Waals surface area contributed by atoms with Gasteiger partial charge in [-0.3, -0.25) is 0 Å². The molecule has 0 bridgehead atoms. The van der Waals surface area contributed by atoms with Crippen molar-refractivity contribution in [2.45, 2.75) is 24.4 Å². The number of hydrogen-bond acceptors (Lipinski definition) is 8. The maximum atomic E-state index is 10.7. The van der Waals surface area contributed by atoms with E-state index in [1.165, 1.54) is 0 Å². The summed E-state index contributed by atoms with van der Waals surface area (Å²) < 4.78 is 3.51. The normalized spacial score (nSPS) is 16.3. The molecule has 0 fully saturated rings. The first kappa shape index (κ1) is 24.6. The third-order valence-electron chi connectivity index (χ3n) is 1.68. The summed E-state index contributed by atoms with van der Waals surface area (Å²) in [6.45, 7) is -0.918. The summed E-state index contributed by atoms with van der Waals surface area (Å²) in [5.74, 6) is -1.70. The maximum Gasteiger partial charge on any atom is 2.00 e. The number of carboxylic acid groups (broad SMARTS) is 1. The van der Waals surface area contributed by atoms with Gasteiger partial charge in [-0.15, -0.1) is 0 Å². The zero-order valence-electron chi connectivity index (χ0n) is 12.6. The molecule has 0 aliphatic carbocycles. The molecule has 0 saturated carbocycles. The zero-order valence-corrected chi connectivity index (χ0v) is 15.0. The first-order valence-corrected chi connectivity index (χ1v) is 4.09. The van der Waals surface area contributed by atoms with Crippen molar-refractivity contribution in [3.63, 3.8) is 0 Å². The van der Waals surface area contributed by atoms with Crippen molar-refractivity contribution >= 4 is 49.9 Å². The summed E-state index contributed by atoms with van der Waals surface area (Å²) in [4.78, 5) is 20.7. The molecule has 0 aromatic heterocycles. The second-order valence-corrected chi connectivity index (χ2v) is 2.86. The predicted octanol–water partition coefficient (Wildman–Crippen LogP) is -6.40. The van der Waals surface area contributed by atoms with Gasteiger partial charge in [0, 0.05) is 0 Å². The largest absolute Gasteiger partial charge is 2.00 e. The van der Waals surface area contributed by atoms with Gasteiger partial charge < -0.3 is 39.7 Å². The van der Waals surface area contributed by atoms with Crippen LogP contribution in [-0.4, -0.2) is 112 Å². The summed E-state index contributed by atoms with van der Waals surface area (Å²) in [7, 11) is 0. The summed E-state index contributed by atoms with van der Waals surface area (Å²) in [6, 6.07) is 0. The molecule has 0 aliphatic heterocycles. The Morgan fingerprint density at radius 3 is 1.89 bits per heavy atom. The van der Waals surface area contributed by atoms with Gasteiger partial charge in [-0.2, -0.15) is 0 Å². The average Bonchev–Trinajstić information content (AvgIpc) is 2.23. The monoisotopic (exact) mass is 322 g/mol. The molecule has 0 spiro atoms. The van der Waals surface area contributed by atoms with Crippen molar-refractivity contribution in [3.05, 3.63) is 0 Å². The predicted molar refractivity (Wildman–Crippen MR) is 54.3 cm³/mol. The Morgan fingerprint density at radius 1 is 1.11 bits per heavy atom. The molecule has 0 heterocycles. The standard InChI is InChI=1S/C7H12O9.Ca.K.3H/c8-1-2(9)3(10)4(11)5(12)6(13)16-7(14)15;;;;;/h2-5,8-12H,1H2,(H,14,15);;;;;/q;+2;+1;3*-1/t2-,3-,4+,5-;;;;;/m1...../s1. The SMILES string of the molecule is O=C(O)OC(=O)[C@H](O)[C@@H](O)[C@H](O)[C@H](O)CO.[Ca+2].[H-].[H-].[H-].[K+]. The van der Waals surface area contributed by atoms with E-state index >= 15 is 0 Å². The Balaban J connectivity index is -0.000000112. The molecule has 0 aromatic rings. The van der Waals surface area contributed by atoms with Crippen LogP contribution in [0.4, 0.5) is 4.79 Å². The molecule has 100 valence electrons. The van der Waals surface area contributed by atoms with Crippen LogP contribution in [0.1, 0.15) is 4.28 Å². The molecule has 0 aliphatic rings. The van der Waals surface area contributed by atoms with E-state index in [0.29, 0.717) is 0 Å². The number of aliphatic hydroxyl groups is 5. The Hall–Kier alpha value is 1.64. The number of hydrogen-bond donors (Lipinski definition) is 6. The molecule has 11 heteroatoms. The third kappa shape index (κ3) is 8.74. The van der Waals surface area contributed by atoms with E-state index in [2.05, 4.69) is 4.74 Å². The minimum atomic E-state index is -2.35. The molecular formula is C7H15CaKO9. The van der Waals surface area contributed by atoms with Crippen LogP contribution in [0.15, 0.2) is 0 Å². The van der Waals surface area contributed by atoms with Gasteiger partial charge in [0.2, 0.25) is 0 Å². The van der Waals surface area contributed by atoms with Crippen LogP contribution in [0.2, 0.25) is 0 Å². The van der Waals surface area contributed by atoms with E-state index in [0.717, 1.165) is 0 Å². The van der Waals surface area contributed by atoms with Gasteiger partial charge in [0.15, 0.2) is 6.10 Å². The van der Waals surface area contributed by atoms with E-state index in [-0.39, 0.29) is 93.4 Å². The van der Waals surface area contributed by atoms with Crippen molar-refractivity contribution in [1.82, 2.24) is 0 Å². The Labute approximate surface area is 179 Å². The van der Waals surface area contributed by atoms with E-state index in [4.69, 9.17) is 30.6 Å². The Morgan fingerprint density at radius 2 is 1.56 bits per heavy atom. The summed E-state index contributed by atoms with van der Waals surface area (Å²) >= 11 is 0. The van der Waals surface area contributed by atoms with Gasteiger partial charge >= 0.3 is 101 Å². The third-order valence-corrected chi connectivity index (χ3v) is 1.68. The van der Waals surface area contributed by atoms with Crippen LogP contribution in [0.5, 0.6) is 0 Å². The minimum absolute atomic E-state index is 0. The van der Waals surface area contributed by atoms with Gasteiger partial charge in [0.25, 0.3) is 0 Å². The van der Waals surface area contributed by atoms with Crippen molar-refractivity contribution in [2.75, 3.05) is 6.61 Å². The Kier molecular flexibility index (Phi) is 17.0. The number of carbonyl (C=O) groups excluding carboxylic acids is 1. The topological polar surface area (TPSA) is 165 Å². The molecule has 0 unspecified atom stereocenters. The van der Waals surface area contributed by atoms with E-state index < -0.39 is 43.1 Å². The summed E-state index contributed by atoms with van der Waals surface area (Å²) in [5.41, 5.74) is 0. The van der Waals surface area contributed by atoms with Crippen LogP contribution in [0.25, 0.3) is 0 Å². The van der Waals surface area contributed by atoms with Gasteiger partial charge in [0.05, 0.1) is 6.61 Å². The van der Waals surface area contributed by atoms with E-state index in [9.17, 15) is 9.59 Å². The summed E-state index contributed by atoms with van der Waals surface area (Å²) in [5, 5.41) is 52.5. The van der Waals surface area contributed by atoms with Crippen molar-refractivity contribution in [1.29, 1.82) is 0 Å². The fourth-order valence-electron chi connectivity index (χ4n) is 0.808. The second kappa shape index (κ2) is 12.4. The van der Waals surface area contributed by atoms with Gasteiger partial charge in [-0.25, -0.2) is 9.59 Å². The molecule has 0 aromatic carbocycles. The molecule has 18 heavy (non-hydrogen) atoms. The molecule has 0 rings (SSSR count). The minimum Gasteiger partial charge on any atom is -1.00 e. The average molecular weight is 322 g/mol. The Bertz CT molecular complexity index is 276. The first-order chi connectivity index (χ1) is 7.31. The van der Waals surface area contributed by atoms with E-state index in [1.807, 2.05) is 0 Å². The van der Waals surface area contributed by atoms with Gasteiger partial charge in [0.1, 0.15) is 18.3 Å². The molecule has 6 N–H and O–H groups in total. The van der Waals surface area contributed by atoms with Gasteiger partial charge in [-0.1, -0.05) is 0 Å². The first-order valence-electron chi connectivity index (χ1n) is 4.09. The zero-order chi connectivity index (χ0) is 12.9. The van der Waals surface area contributed by atoms with Crippen LogP contribution in [0, 0.1) is 0 Å². The fourth-order valence-corrected chi connectivity index (χ4v) is 0.808. The number of carbonyl (C=O) groups is 2. The number of aliphatic hydroxyl groups excluding tert-OH is 5. The van der Waals surface area contributed by atoms with E-state index in [1.54, 1.807) is 0 Å². The van der Waals surface area contributed by atoms with Crippen LogP contribution in [-0.2, 0) is 9.53 Å². The van der Waals surface area contributed by atoms with Crippen molar-refractivity contribution < 1.29 is 101 Å². The maximum absolute atomic E-state index is 10.7. The molecule has 0 saturated heterocycles. The van der Waals surface area contributed by atoms with Crippen molar-refractivity contribution in [3.8, 4) is 0 Å². The second-order valence-electron chi connectivity index (χ2n) is 2.86. The fraction of sp³-hybridized carbons (Fsp3) is 0.714. The molecule has 9 nitrogen and oxygen atoms in total. The smallest absolute Gasteiger partial charge is 1.00 e. The van der Waals surface area contributed by atoms with Crippen molar-refractivity contribution in [2.24, 2.45) is 0 Å². The van der Waals surface area contributed by atoms with Crippen LogP contribution >= 0.6 is 0 Å². The number of ether oxygens (including phenoxy) is 1.